The highest BCUT2D eigenvalue weighted by atomic mass is 32.2. The predicted octanol–water partition coefficient (Wildman–Crippen LogP) is 5.47. The molecule has 14 heteroatoms. The van der Waals surface area contributed by atoms with Crippen molar-refractivity contribution in [2.24, 2.45) is 0 Å². The molecule has 41 heavy (non-hydrogen) atoms. The number of nitrogens with zero attached hydrogens (tertiary/aromatic N) is 4. The average Bonchev–Trinajstić information content (AvgIpc) is 3.33. The Bertz CT molecular complexity index is 1620. The van der Waals surface area contributed by atoms with E-state index >= 15 is 0 Å². The van der Waals surface area contributed by atoms with Crippen LogP contribution in [0.4, 0.5) is 24.5 Å². The van der Waals surface area contributed by atoms with Gasteiger partial charge in [0.1, 0.15) is 0 Å². The third-order valence-corrected chi connectivity index (χ3v) is 6.77. The SMILES string of the molecule is Cc1cccc(NC(=O)CSc2nnc(CNC(=O)c3ccc(C)c([N+](=O)[O-])c3)n2-c2cccc(C(F)(F)F)c2)c1. The fourth-order valence-corrected chi connectivity index (χ4v) is 4.62. The van der Waals surface area contributed by atoms with Gasteiger partial charge in [-0.1, -0.05) is 36.0 Å². The number of nitrogens with one attached hydrogen (secondary N) is 2. The molecule has 0 unspecified atom stereocenters. The number of aryl methyl sites for hydroxylation is 2. The Hall–Kier alpha value is -4.72. The summed E-state index contributed by atoms with van der Waals surface area (Å²) in [6.45, 7) is 3.15. The van der Waals surface area contributed by atoms with E-state index in [9.17, 15) is 32.9 Å². The Morgan fingerprint density at radius 2 is 1.78 bits per heavy atom. The van der Waals surface area contributed by atoms with E-state index in [4.69, 9.17) is 0 Å². The van der Waals surface area contributed by atoms with Crippen molar-refractivity contribution in [1.82, 2.24) is 20.1 Å². The lowest BCUT2D eigenvalue weighted by atomic mass is 10.1. The van der Waals surface area contributed by atoms with Gasteiger partial charge in [-0.3, -0.25) is 24.3 Å². The van der Waals surface area contributed by atoms with Gasteiger partial charge in [-0.05, 0) is 55.8 Å². The minimum Gasteiger partial charge on any atom is -0.345 e. The van der Waals surface area contributed by atoms with Crippen LogP contribution in [0.5, 0.6) is 0 Å². The molecule has 1 aromatic heterocycles. The van der Waals surface area contributed by atoms with Crippen LogP contribution in [0.1, 0.15) is 32.9 Å². The zero-order valence-electron chi connectivity index (χ0n) is 21.7. The Labute approximate surface area is 236 Å². The van der Waals surface area contributed by atoms with Gasteiger partial charge in [0.05, 0.1) is 28.5 Å². The molecular formula is C27H23F3N6O4S. The predicted molar refractivity (Wildman–Crippen MR) is 146 cm³/mol. The summed E-state index contributed by atoms with van der Waals surface area (Å²) in [5.41, 5.74) is 0.882. The maximum atomic E-state index is 13.5. The van der Waals surface area contributed by atoms with Crippen molar-refractivity contribution in [2.75, 3.05) is 11.1 Å². The van der Waals surface area contributed by atoms with Gasteiger partial charge in [0.15, 0.2) is 11.0 Å². The van der Waals surface area contributed by atoms with Crippen LogP contribution in [-0.2, 0) is 17.5 Å². The van der Waals surface area contributed by atoms with Crippen molar-refractivity contribution in [2.45, 2.75) is 31.7 Å². The van der Waals surface area contributed by atoms with Gasteiger partial charge < -0.3 is 10.6 Å². The van der Waals surface area contributed by atoms with Crippen molar-refractivity contribution in [3.05, 3.63) is 105 Å². The second kappa shape index (κ2) is 12.2. The number of benzene rings is 3. The number of amides is 2. The number of halogens is 3. The first kappa shape index (κ1) is 29.3. The van der Waals surface area contributed by atoms with Gasteiger partial charge in [0.2, 0.25) is 5.91 Å². The molecule has 0 aliphatic carbocycles. The number of carbonyl (C=O) groups excluding carboxylic acids is 2. The monoisotopic (exact) mass is 584 g/mol. The first-order chi connectivity index (χ1) is 19.4. The molecule has 1 heterocycles. The molecular weight excluding hydrogens is 561 g/mol. The highest BCUT2D eigenvalue weighted by Gasteiger charge is 2.31. The average molecular weight is 585 g/mol. The third-order valence-electron chi connectivity index (χ3n) is 5.84. The van der Waals surface area contributed by atoms with E-state index in [1.807, 2.05) is 13.0 Å². The van der Waals surface area contributed by atoms with E-state index < -0.39 is 22.6 Å². The number of hydrogen-bond donors (Lipinski definition) is 2. The Morgan fingerprint density at radius 3 is 2.49 bits per heavy atom. The zero-order valence-corrected chi connectivity index (χ0v) is 22.5. The minimum atomic E-state index is -4.61. The lowest BCUT2D eigenvalue weighted by molar-refractivity contribution is -0.385. The summed E-state index contributed by atoms with van der Waals surface area (Å²) in [5, 5.41) is 24.8. The molecule has 212 valence electrons. The van der Waals surface area contributed by atoms with E-state index in [0.29, 0.717) is 11.3 Å². The number of rotatable bonds is 9. The maximum absolute atomic E-state index is 13.5. The van der Waals surface area contributed by atoms with Gasteiger partial charge in [0.25, 0.3) is 11.6 Å². The van der Waals surface area contributed by atoms with Crippen LogP contribution in [-0.4, -0.2) is 37.3 Å². The summed E-state index contributed by atoms with van der Waals surface area (Å²) < 4.78 is 41.7. The summed E-state index contributed by atoms with van der Waals surface area (Å²) in [5.74, 6) is -1.06. The second-order valence-corrected chi connectivity index (χ2v) is 9.87. The Morgan fingerprint density at radius 1 is 1.02 bits per heavy atom. The largest absolute Gasteiger partial charge is 0.416 e. The first-order valence-corrected chi connectivity index (χ1v) is 13.1. The van der Waals surface area contributed by atoms with E-state index in [2.05, 4.69) is 20.8 Å². The number of carbonyl (C=O) groups is 2. The molecule has 0 aliphatic heterocycles. The van der Waals surface area contributed by atoms with Crippen LogP contribution in [0.15, 0.2) is 71.9 Å². The van der Waals surface area contributed by atoms with Gasteiger partial charge in [-0.15, -0.1) is 10.2 Å². The summed E-state index contributed by atoms with van der Waals surface area (Å²) in [6.07, 6.45) is -4.61. The Kier molecular flexibility index (Phi) is 8.71. The molecule has 0 fully saturated rings. The summed E-state index contributed by atoms with van der Waals surface area (Å²) in [4.78, 5) is 36.0. The number of thioether (sulfide) groups is 1. The number of alkyl halides is 3. The van der Waals surface area contributed by atoms with Crippen molar-refractivity contribution in [3.8, 4) is 5.69 Å². The number of anilines is 1. The van der Waals surface area contributed by atoms with Crippen LogP contribution in [0.3, 0.4) is 0 Å². The third kappa shape index (κ3) is 7.28. The minimum absolute atomic E-state index is 0.0230. The Balaban J connectivity index is 1.58. The van der Waals surface area contributed by atoms with E-state index in [0.717, 1.165) is 35.5 Å². The summed E-state index contributed by atoms with van der Waals surface area (Å²) >= 11 is 0.953. The highest BCUT2D eigenvalue weighted by molar-refractivity contribution is 7.99. The van der Waals surface area contributed by atoms with E-state index in [1.165, 1.54) is 35.8 Å². The topological polar surface area (TPSA) is 132 Å². The quantitative estimate of drug-likeness (QED) is 0.151. The highest BCUT2D eigenvalue weighted by Crippen LogP contribution is 2.32. The molecule has 4 rings (SSSR count). The van der Waals surface area contributed by atoms with Crippen LogP contribution >= 0.6 is 11.8 Å². The molecule has 2 amide bonds. The second-order valence-electron chi connectivity index (χ2n) is 8.93. The van der Waals surface area contributed by atoms with Crippen LogP contribution in [0.25, 0.3) is 5.69 Å². The lowest BCUT2D eigenvalue weighted by Gasteiger charge is -2.13. The van der Waals surface area contributed by atoms with Gasteiger partial charge >= 0.3 is 6.18 Å². The molecule has 0 aliphatic rings. The normalized spacial score (nSPS) is 11.2. The smallest absolute Gasteiger partial charge is 0.345 e. The van der Waals surface area contributed by atoms with Crippen LogP contribution in [0, 0.1) is 24.0 Å². The number of hydrogen-bond acceptors (Lipinski definition) is 7. The molecule has 10 nitrogen and oxygen atoms in total. The van der Waals surface area contributed by atoms with Crippen molar-refractivity contribution < 1.29 is 27.7 Å². The fourth-order valence-electron chi connectivity index (χ4n) is 3.85. The fraction of sp³-hybridized carbons (Fsp3) is 0.185. The van der Waals surface area contributed by atoms with Gasteiger partial charge in [0, 0.05) is 22.9 Å². The molecule has 0 bridgehead atoms. The van der Waals surface area contributed by atoms with Crippen molar-refractivity contribution in [1.29, 1.82) is 0 Å². The molecule has 2 N–H and O–H groups in total. The maximum Gasteiger partial charge on any atom is 0.416 e. The number of aromatic nitrogens is 3. The molecule has 0 atom stereocenters. The zero-order chi connectivity index (χ0) is 29.7. The molecule has 0 radical (unpaired) electrons. The summed E-state index contributed by atoms with van der Waals surface area (Å²) in [6, 6.07) is 15.7. The van der Waals surface area contributed by atoms with Crippen molar-refractivity contribution >= 4 is 35.0 Å². The number of nitro benzene ring substituents is 1. The van der Waals surface area contributed by atoms with Crippen LogP contribution < -0.4 is 10.6 Å². The molecule has 0 saturated heterocycles. The van der Waals surface area contributed by atoms with Gasteiger partial charge in [-0.25, -0.2) is 0 Å². The standard InChI is InChI=1S/C27H23F3N6O4S/c1-16-5-3-7-20(11-16)32-24(37)15-41-26-34-33-23(35(26)21-8-4-6-19(13-21)27(28,29)30)14-31-25(38)18-10-9-17(2)22(12-18)36(39)40/h3-13H,14-15H2,1-2H3,(H,31,38)(H,32,37). The summed E-state index contributed by atoms with van der Waals surface area (Å²) in [7, 11) is 0. The lowest BCUT2D eigenvalue weighted by Crippen LogP contribution is -2.25. The molecule has 4 aromatic rings. The molecule has 0 saturated carbocycles. The first-order valence-electron chi connectivity index (χ1n) is 12.1. The van der Waals surface area contributed by atoms with Crippen LogP contribution in [0.2, 0.25) is 0 Å². The van der Waals surface area contributed by atoms with E-state index in [-0.39, 0.29) is 46.1 Å². The molecule has 0 spiro atoms. The van der Waals surface area contributed by atoms with Gasteiger partial charge in [-0.2, -0.15) is 13.2 Å². The van der Waals surface area contributed by atoms with Crippen molar-refractivity contribution in [3.63, 3.8) is 0 Å². The number of nitro groups is 1. The molecule has 3 aromatic carbocycles. The van der Waals surface area contributed by atoms with E-state index in [1.54, 1.807) is 18.2 Å².